The van der Waals surface area contributed by atoms with Crippen molar-refractivity contribution < 1.29 is 9.90 Å². The zero-order chi connectivity index (χ0) is 14.5. The number of rotatable bonds is 5. The van der Waals surface area contributed by atoms with Gasteiger partial charge in [-0.3, -0.25) is 9.69 Å². The topological polar surface area (TPSA) is 40.5 Å². The molecule has 1 heterocycles. The van der Waals surface area contributed by atoms with Gasteiger partial charge in [0.2, 0.25) is 0 Å². The van der Waals surface area contributed by atoms with Crippen molar-refractivity contribution >= 4 is 17.6 Å². The number of benzene rings is 1. The third-order valence-electron chi connectivity index (χ3n) is 4.07. The van der Waals surface area contributed by atoms with Gasteiger partial charge >= 0.3 is 5.97 Å². The van der Waals surface area contributed by atoms with E-state index in [2.05, 4.69) is 17.9 Å². The van der Waals surface area contributed by atoms with Crippen molar-refractivity contribution in [3.63, 3.8) is 0 Å². The summed E-state index contributed by atoms with van der Waals surface area (Å²) < 4.78 is 0. The fourth-order valence-corrected chi connectivity index (χ4v) is 3.16. The number of piperidine rings is 1. The summed E-state index contributed by atoms with van der Waals surface area (Å²) in [6.07, 6.45) is 3.41. The Morgan fingerprint density at radius 2 is 2.30 bits per heavy atom. The first-order valence-electron chi connectivity index (χ1n) is 7.24. The predicted molar refractivity (Wildman–Crippen MR) is 81.1 cm³/mol. The number of hydrogen-bond acceptors (Lipinski definition) is 2. The quantitative estimate of drug-likeness (QED) is 0.900. The highest BCUT2D eigenvalue weighted by atomic mass is 35.5. The monoisotopic (exact) mass is 295 g/mol. The van der Waals surface area contributed by atoms with E-state index in [1.807, 2.05) is 12.1 Å². The van der Waals surface area contributed by atoms with Crippen molar-refractivity contribution in [2.24, 2.45) is 5.92 Å². The molecule has 1 unspecified atom stereocenters. The van der Waals surface area contributed by atoms with Crippen LogP contribution in [0.1, 0.15) is 36.8 Å². The second-order valence-electron chi connectivity index (χ2n) is 5.75. The van der Waals surface area contributed by atoms with Crippen molar-refractivity contribution in [1.82, 2.24) is 4.90 Å². The molecule has 0 amide bonds. The number of carboxylic acids is 1. The molecule has 1 N–H and O–H groups in total. The van der Waals surface area contributed by atoms with E-state index in [-0.39, 0.29) is 0 Å². The summed E-state index contributed by atoms with van der Waals surface area (Å²) in [6, 6.07) is 6.04. The lowest BCUT2D eigenvalue weighted by atomic mass is 9.93. The average Bonchev–Trinajstić information content (AvgIpc) is 2.40. The second-order valence-corrected chi connectivity index (χ2v) is 6.18. The molecule has 1 aliphatic heterocycles. The van der Waals surface area contributed by atoms with Gasteiger partial charge in [0.05, 0.1) is 0 Å². The molecule has 3 nitrogen and oxygen atoms in total. The van der Waals surface area contributed by atoms with Gasteiger partial charge in [0.15, 0.2) is 0 Å². The minimum Gasteiger partial charge on any atom is -0.481 e. The van der Waals surface area contributed by atoms with Gasteiger partial charge in [-0.05, 0) is 61.9 Å². The minimum absolute atomic E-state index is 0.290. The van der Waals surface area contributed by atoms with E-state index in [1.165, 1.54) is 11.1 Å². The molecular weight excluding hydrogens is 274 g/mol. The van der Waals surface area contributed by atoms with Crippen molar-refractivity contribution in [1.29, 1.82) is 0 Å². The van der Waals surface area contributed by atoms with Crippen LogP contribution in [0.15, 0.2) is 18.2 Å². The van der Waals surface area contributed by atoms with Crippen LogP contribution in [0.3, 0.4) is 0 Å². The van der Waals surface area contributed by atoms with Crippen LogP contribution in [0, 0.1) is 12.8 Å². The van der Waals surface area contributed by atoms with Crippen molar-refractivity contribution in [2.75, 3.05) is 13.1 Å². The molecule has 1 atom stereocenters. The SMILES string of the molecule is Cc1cc(Cl)ccc1CN1CCCC(CCC(=O)O)C1. The molecular formula is C16H22ClNO2. The Kier molecular flexibility index (Phi) is 5.44. The van der Waals surface area contributed by atoms with Gasteiger partial charge < -0.3 is 5.11 Å². The largest absolute Gasteiger partial charge is 0.481 e. The first-order chi connectivity index (χ1) is 9.54. The van der Waals surface area contributed by atoms with Gasteiger partial charge in [-0.15, -0.1) is 0 Å². The standard InChI is InChI=1S/C16H22ClNO2/c1-12-9-15(17)6-5-14(12)11-18-8-2-3-13(10-18)4-7-16(19)20/h5-6,9,13H,2-4,7-8,10-11H2,1H3,(H,19,20). The Morgan fingerprint density at radius 1 is 1.50 bits per heavy atom. The highest BCUT2D eigenvalue weighted by Gasteiger charge is 2.20. The van der Waals surface area contributed by atoms with E-state index < -0.39 is 5.97 Å². The van der Waals surface area contributed by atoms with Crippen LogP contribution in [-0.4, -0.2) is 29.1 Å². The number of carbonyl (C=O) groups is 1. The number of likely N-dealkylation sites (tertiary alicyclic amines) is 1. The number of nitrogens with zero attached hydrogens (tertiary/aromatic N) is 1. The van der Waals surface area contributed by atoms with E-state index in [0.29, 0.717) is 12.3 Å². The van der Waals surface area contributed by atoms with Gasteiger partial charge in [-0.25, -0.2) is 0 Å². The van der Waals surface area contributed by atoms with Crippen LogP contribution in [0.2, 0.25) is 5.02 Å². The molecule has 1 fully saturated rings. The molecule has 0 radical (unpaired) electrons. The van der Waals surface area contributed by atoms with Crippen LogP contribution in [0.4, 0.5) is 0 Å². The summed E-state index contributed by atoms with van der Waals surface area (Å²) in [5.74, 6) is -0.164. The Balaban J connectivity index is 1.90. The highest BCUT2D eigenvalue weighted by Crippen LogP contribution is 2.24. The van der Waals surface area contributed by atoms with Crippen molar-refractivity contribution in [3.05, 3.63) is 34.3 Å². The van der Waals surface area contributed by atoms with E-state index in [1.54, 1.807) is 0 Å². The summed E-state index contributed by atoms with van der Waals surface area (Å²) in [6.45, 7) is 5.14. The normalized spacial score (nSPS) is 20.0. The van der Waals surface area contributed by atoms with Gasteiger partial charge in [0, 0.05) is 24.5 Å². The van der Waals surface area contributed by atoms with Crippen LogP contribution >= 0.6 is 11.6 Å². The molecule has 1 saturated heterocycles. The molecule has 1 aliphatic rings. The Hall–Kier alpha value is -1.06. The third-order valence-corrected chi connectivity index (χ3v) is 4.30. The zero-order valence-corrected chi connectivity index (χ0v) is 12.7. The third kappa shape index (κ3) is 4.50. The van der Waals surface area contributed by atoms with Crippen LogP contribution in [0.5, 0.6) is 0 Å². The molecule has 110 valence electrons. The first kappa shape index (κ1) is 15.3. The van der Waals surface area contributed by atoms with Gasteiger partial charge in [-0.2, -0.15) is 0 Å². The van der Waals surface area contributed by atoms with Crippen LogP contribution < -0.4 is 0 Å². The summed E-state index contributed by atoms with van der Waals surface area (Å²) in [7, 11) is 0. The molecule has 0 aromatic heterocycles. The number of hydrogen-bond donors (Lipinski definition) is 1. The summed E-state index contributed by atoms with van der Waals surface area (Å²) in [4.78, 5) is 13.1. The number of aryl methyl sites for hydroxylation is 1. The summed E-state index contributed by atoms with van der Waals surface area (Å²) in [5.41, 5.74) is 2.54. The predicted octanol–water partition coefficient (Wildman–Crippen LogP) is 3.73. The maximum absolute atomic E-state index is 10.7. The molecule has 0 saturated carbocycles. The van der Waals surface area contributed by atoms with Crippen molar-refractivity contribution in [3.8, 4) is 0 Å². The zero-order valence-electron chi connectivity index (χ0n) is 11.9. The summed E-state index contributed by atoms with van der Waals surface area (Å²) in [5, 5.41) is 9.56. The Bertz CT molecular complexity index is 476. The van der Waals surface area contributed by atoms with E-state index >= 15 is 0 Å². The average molecular weight is 296 g/mol. The van der Waals surface area contributed by atoms with Gasteiger partial charge in [-0.1, -0.05) is 17.7 Å². The maximum Gasteiger partial charge on any atom is 0.303 e. The molecule has 2 rings (SSSR count). The fraction of sp³-hybridized carbons (Fsp3) is 0.562. The lowest BCUT2D eigenvalue weighted by Crippen LogP contribution is -2.35. The van der Waals surface area contributed by atoms with Crippen LogP contribution in [0.25, 0.3) is 0 Å². The second kappa shape index (κ2) is 7.09. The Morgan fingerprint density at radius 3 is 3.00 bits per heavy atom. The lowest BCUT2D eigenvalue weighted by molar-refractivity contribution is -0.137. The van der Waals surface area contributed by atoms with Crippen LogP contribution in [-0.2, 0) is 11.3 Å². The molecule has 0 spiro atoms. The Labute approximate surface area is 125 Å². The smallest absolute Gasteiger partial charge is 0.303 e. The summed E-state index contributed by atoms with van der Waals surface area (Å²) >= 11 is 5.98. The highest BCUT2D eigenvalue weighted by molar-refractivity contribution is 6.30. The van der Waals surface area contributed by atoms with Gasteiger partial charge in [0.1, 0.15) is 0 Å². The van der Waals surface area contributed by atoms with E-state index in [9.17, 15) is 4.79 Å². The molecule has 1 aromatic rings. The van der Waals surface area contributed by atoms with Gasteiger partial charge in [0.25, 0.3) is 0 Å². The molecule has 0 bridgehead atoms. The number of carboxylic acid groups (broad SMARTS) is 1. The molecule has 1 aromatic carbocycles. The first-order valence-corrected chi connectivity index (χ1v) is 7.61. The maximum atomic E-state index is 10.7. The molecule has 4 heteroatoms. The minimum atomic E-state index is -0.685. The number of halogens is 1. The molecule has 20 heavy (non-hydrogen) atoms. The van der Waals surface area contributed by atoms with E-state index in [0.717, 1.165) is 43.9 Å². The number of aliphatic carboxylic acids is 1. The van der Waals surface area contributed by atoms with Crippen molar-refractivity contribution in [2.45, 2.75) is 39.2 Å². The lowest BCUT2D eigenvalue weighted by Gasteiger charge is -2.33. The van der Waals surface area contributed by atoms with E-state index in [4.69, 9.17) is 16.7 Å². The molecule has 0 aliphatic carbocycles. The fourth-order valence-electron chi connectivity index (χ4n) is 2.94.